The molecule has 0 atom stereocenters. The molecule has 0 unspecified atom stereocenters. The predicted octanol–water partition coefficient (Wildman–Crippen LogP) is 0.0400. The van der Waals surface area contributed by atoms with E-state index in [1.165, 1.54) is 0 Å². The molecule has 0 saturated carbocycles. The second-order valence-electron chi connectivity index (χ2n) is 3.27. The van der Waals surface area contributed by atoms with Gasteiger partial charge in [-0.3, -0.25) is 4.90 Å². The Morgan fingerprint density at radius 2 is 2.23 bits per heavy atom. The van der Waals surface area contributed by atoms with E-state index in [2.05, 4.69) is 9.80 Å². The first kappa shape index (κ1) is 9.18. The highest BCUT2D eigenvalue weighted by molar-refractivity contribution is 8.03. The number of rotatable bonds is 2. The molecule has 1 saturated heterocycles. The molecule has 0 aromatic carbocycles. The van der Waals surface area contributed by atoms with Crippen LogP contribution in [0.25, 0.3) is 0 Å². The molecule has 2 rings (SSSR count). The molecular weight excluding hydrogens is 186 g/mol. The highest BCUT2D eigenvalue weighted by Gasteiger charge is 2.16. The Labute approximate surface area is 82.7 Å². The van der Waals surface area contributed by atoms with Crippen molar-refractivity contribution < 1.29 is 4.74 Å². The molecule has 2 N–H and O–H groups in total. The number of ether oxygens (including phenoxy) is 1. The summed E-state index contributed by atoms with van der Waals surface area (Å²) in [6.07, 6.45) is 2.03. The molecule has 74 valence electrons. The molecular formula is C8H15N3OS. The molecule has 5 heteroatoms. The van der Waals surface area contributed by atoms with E-state index in [9.17, 15) is 0 Å². The Kier molecular flexibility index (Phi) is 2.97. The van der Waals surface area contributed by atoms with Gasteiger partial charge in [0.2, 0.25) is 0 Å². The number of hydrogen-bond acceptors (Lipinski definition) is 5. The SMILES string of the molecule is NC1=CN(CN2CCOCC2)CS1. The lowest BCUT2D eigenvalue weighted by molar-refractivity contribution is 0.0212. The number of hydrogen-bond donors (Lipinski definition) is 1. The van der Waals surface area contributed by atoms with Gasteiger partial charge >= 0.3 is 0 Å². The zero-order valence-electron chi connectivity index (χ0n) is 7.61. The maximum absolute atomic E-state index is 5.67. The summed E-state index contributed by atoms with van der Waals surface area (Å²) >= 11 is 1.70. The Morgan fingerprint density at radius 3 is 2.85 bits per heavy atom. The Balaban J connectivity index is 1.77. The summed E-state index contributed by atoms with van der Waals surface area (Å²) in [5.74, 6) is 0.989. The average molecular weight is 201 g/mol. The molecule has 1 fully saturated rings. The fraction of sp³-hybridized carbons (Fsp3) is 0.750. The lowest BCUT2D eigenvalue weighted by atomic mass is 10.4. The Bertz CT molecular complexity index is 204. The maximum Gasteiger partial charge on any atom is 0.0835 e. The van der Waals surface area contributed by atoms with Crippen LogP contribution in [0, 0.1) is 0 Å². The fourth-order valence-corrected chi connectivity index (χ4v) is 2.19. The van der Waals surface area contributed by atoms with Crippen LogP contribution in [-0.2, 0) is 4.74 Å². The van der Waals surface area contributed by atoms with E-state index in [0.717, 1.165) is 43.9 Å². The van der Waals surface area contributed by atoms with Crippen molar-refractivity contribution in [1.29, 1.82) is 0 Å². The maximum atomic E-state index is 5.67. The van der Waals surface area contributed by atoms with Crippen LogP contribution in [0.15, 0.2) is 11.2 Å². The van der Waals surface area contributed by atoms with E-state index in [0.29, 0.717) is 0 Å². The minimum atomic E-state index is 0.861. The first-order valence-corrected chi connectivity index (χ1v) is 5.47. The smallest absolute Gasteiger partial charge is 0.0835 e. The third kappa shape index (κ3) is 2.52. The summed E-state index contributed by atoms with van der Waals surface area (Å²) in [4.78, 5) is 4.63. The predicted molar refractivity (Wildman–Crippen MR) is 53.8 cm³/mol. The molecule has 0 aromatic heterocycles. The highest BCUT2D eigenvalue weighted by atomic mass is 32.2. The van der Waals surface area contributed by atoms with Gasteiger partial charge in [0.25, 0.3) is 0 Å². The number of nitrogens with two attached hydrogens (primary N) is 1. The molecule has 4 nitrogen and oxygen atoms in total. The second kappa shape index (κ2) is 4.21. The normalized spacial score (nSPS) is 24.9. The van der Waals surface area contributed by atoms with E-state index in [1.54, 1.807) is 11.8 Å². The molecule has 2 aliphatic heterocycles. The first-order chi connectivity index (χ1) is 6.34. The first-order valence-electron chi connectivity index (χ1n) is 4.49. The van der Waals surface area contributed by atoms with Crippen molar-refractivity contribution in [2.75, 3.05) is 38.8 Å². The zero-order chi connectivity index (χ0) is 9.10. The number of morpholine rings is 1. The van der Waals surface area contributed by atoms with E-state index in [4.69, 9.17) is 10.5 Å². The van der Waals surface area contributed by atoms with Crippen molar-refractivity contribution in [2.24, 2.45) is 5.73 Å². The van der Waals surface area contributed by atoms with E-state index in [-0.39, 0.29) is 0 Å². The minimum absolute atomic E-state index is 0.861. The largest absolute Gasteiger partial charge is 0.392 e. The summed E-state index contributed by atoms with van der Waals surface area (Å²) in [5, 5.41) is 0.924. The molecule has 0 aromatic rings. The van der Waals surface area contributed by atoms with Gasteiger partial charge in [-0.25, -0.2) is 0 Å². The van der Waals surface area contributed by atoms with Gasteiger partial charge in [-0.1, -0.05) is 11.8 Å². The van der Waals surface area contributed by atoms with Crippen molar-refractivity contribution in [2.45, 2.75) is 0 Å². The zero-order valence-corrected chi connectivity index (χ0v) is 8.42. The molecule has 13 heavy (non-hydrogen) atoms. The molecule has 2 aliphatic rings. The monoisotopic (exact) mass is 201 g/mol. The van der Waals surface area contributed by atoms with Crippen molar-refractivity contribution in [1.82, 2.24) is 9.80 Å². The van der Waals surface area contributed by atoms with Crippen LogP contribution in [0.4, 0.5) is 0 Å². The molecule has 0 amide bonds. The van der Waals surface area contributed by atoms with Gasteiger partial charge in [0.15, 0.2) is 0 Å². The van der Waals surface area contributed by atoms with Crippen molar-refractivity contribution in [3.63, 3.8) is 0 Å². The fourth-order valence-electron chi connectivity index (χ4n) is 1.49. The number of nitrogens with zero attached hydrogens (tertiary/aromatic N) is 2. The molecule has 0 radical (unpaired) electrons. The molecule has 0 spiro atoms. The summed E-state index contributed by atoms with van der Waals surface area (Å²) in [6, 6.07) is 0. The van der Waals surface area contributed by atoms with Gasteiger partial charge in [0.05, 0.1) is 30.8 Å². The van der Waals surface area contributed by atoms with Gasteiger partial charge < -0.3 is 15.4 Å². The molecule has 0 bridgehead atoms. The quantitative estimate of drug-likeness (QED) is 0.683. The average Bonchev–Trinajstić information content (AvgIpc) is 2.53. The summed E-state index contributed by atoms with van der Waals surface area (Å²) in [5.41, 5.74) is 5.67. The van der Waals surface area contributed by atoms with E-state index < -0.39 is 0 Å². The van der Waals surface area contributed by atoms with Crippen LogP contribution in [0.5, 0.6) is 0 Å². The number of thioether (sulfide) groups is 1. The van der Waals surface area contributed by atoms with Crippen LogP contribution in [-0.4, -0.2) is 48.6 Å². The third-order valence-corrected chi connectivity index (χ3v) is 3.09. The summed E-state index contributed by atoms with van der Waals surface area (Å²) in [6.45, 7) is 4.78. The second-order valence-corrected chi connectivity index (χ2v) is 4.28. The van der Waals surface area contributed by atoms with Gasteiger partial charge in [-0.15, -0.1) is 0 Å². The lowest BCUT2D eigenvalue weighted by Crippen LogP contribution is -2.41. The third-order valence-electron chi connectivity index (χ3n) is 2.19. The Morgan fingerprint density at radius 1 is 1.46 bits per heavy atom. The van der Waals surface area contributed by atoms with Gasteiger partial charge in [0.1, 0.15) is 0 Å². The summed E-state index contributed by atoms with van der Waals surface area (Å²) in [7, 11) is 0. The lowest BCUT2D eigenvalue weighted by Gasteiger charge is -2.30. The van der Waals surface area contributed by atoms with Crippen LogP contribution in [0.1, 0.15) is 0 Å². The minimum Gasteiger partial charge on any atom is -0.392 e. The van der Waals surface area contributed by atoms with E-state index in [1.807, 2.05) is 6.20 Å². The van der Waals surface area contributed by atoms with Crippen LogP contribution < -0.4 is 5.73 Å². The van der Waals surface area contributed by atoms with Crippen LogP contribution in [0.2, 0.25) is 0 Å². The van der Waals surface area contributed by atoms with Crippen molar-refractivity contribution in [3.05, 3.63) is 11.2 Å². The highest BCUT2D eigenvalue weighted by Crippen LogP contribution is 2.20. The summed E-state index contributed by atoms with van der Waals surface area (Å²) < 4.78 is 5.28. The van der Waals surface area contributed by atoms with Gasteiger partial charge in [0, 0.05) is 19.3 Å². The van der Waals surface area contributed by atoms with E-state index >= 15 is 0 Å². The van der Waals surface area contributed by atoms with Crippen LogP contribution >= 0.6 is 11.8 Å². The van der Waals surface area contributed by atoms with Crippen molar-refractivity contribution >= 4 is 11.8 Å². The van der Waals surface area contributed by atoms with Gasteiger partial charge in [-0.05, 0) is 0 Å². The topological polar surface area (TPSA) is 41.7 Å². The molecule has 2 heterocycles. The Hall–Kier alpha value is -0.390. The van der Waals surface area contributed by atoms with Crippen LogP contribution in [0.3, 0.4) is 0 Å². The molecule has 0 aliphatic carbocycles. The standard InChI is InChI=1S/C8H15N3OS/c9-8-5-11(7-13-8)6-10-1-3-12-4-2-10/h5H,1-4,6-7,9H2. The van der Waals surface area contributed by atoms with Gasteiger partial charge in [-0.2, -0.15) is 0 Å². The van der Waals surface area contributed by atoms with Crippen molar-refractivity contribution in [3.8, 4) is 0 Å².